The molecule has 2 aromatic heterocycles. The van der Waals surface area contributed by atoms with Gasteiger partial charge in [-0.1, -0.05) is 0 Å². The first-order chi connectivity index (χ1) is 10.3. The highest BCUT2D eigenvalue weighted by Crippen LogP contribution is 1.97. The van der Waals surface area contributed by atoms with Crippen molar-refractivity contribution >= 4 is 0 Å². The van der Waals surface area contributed by atoms with Crippen molar-refractivity contribution < 1.29 is 14.2 Å². The summed E-state index contributed by atoms with van der Waals surface area (Å²) in [6.45, 7) is 3.20. The summed E-state index contributed by atoms with van der Waals surface area (Å²) in [6.07, 6.45) is 7.31. The molecule has 2 heterocycles. The highest BCUT2D eigenvalue weighted by molar-refractivity contribution is 4.89. The monoisotopic (exact) mass is 294 g/mol. The topological polar surface area (TPSA) is 63.3 Å². The van der Waals surface area contributed by atoms with E-state index in [0.29, 0.717) is 39.6 Å². The average molecular weight is 294 g/mol. The molecule has 0 spiro atoms. The molecule has 0 aliphatic carbocycles. The quantitative estimate of drug-likeness (QED) is 0.609. The Kier molecular flexibility index (Phi) is 6.39. The van der Waals surface area contributed by atoms with E-state index in [4.69, 9.17) is 14.2 Å². The number of nitrogens with zero attached hydrogens (tertiary/aromatic N) is 4. The standard InChI is InChI=1S/C14H22N4O3/c1-17-5-3-15-13(17)11-20-9-7-19-8-10-21-12-14-16-4-6-18(14)2/h3-6H,7-12H2,1-2H3. The molecule has 0 bridgehead atoms. The van der Waals surface area contributed by atoms with Gasteiger partial charge in [-0.3, -0.25) is 0 Å². The lowest BCUT2D eigenvalue weighted by Crippen LogP contribution is -2.11. The summed E-state index contributed by atoms with van der Waals surface area (Å²) < 4.78 is 20.3. The first kappa shape index (κ1) is 15.7. The molecule has 0 aliphatic heterocycles. The van der Waals surface area contributed by atoms with Crippen molar-refractivity contribution in [2.45, 2.75) is 13.2 Å². The molecule has 7 heteroatoms. The fourth-order valence-electron chi connectivity index (χ4n) is 1.74. The Hall–Kier alpha value is -1.70. The van der Waals surface area contributed by atoms with Crippen molar-refractivity contribution in [3.63, 3.8) is 0 Å². The molecule has 21 heavy (non-hydrogen) atoms. The number of aryl methyl sites for hydroxylation is 2. The highest BCUT2D eigenvalue weighted by atomic mass is 16.5. The molecule has 0 radical (unpaired) electrons. The number of ether oxygens (including phenoxy) is 3. The van der Waals surface area contributed by atoms with Crippen LogP contribution < -0.4 is 0 Å². The molecular formula is C14H22N4O3. The number of hydrogen-bond acceptors (Lipinski definition) is 5. The van der Waals surface area contributed by atoms with Gasteiger partial charge in [0.25, 0.3) is 0 Å². The molecule has 0 amide bonds. The number of hydrogen-bond donors (Lipinski definition) is 0. The van der Waals surface area contributed by atoms with Gasteiger partial charge >= 0.3 is 0 Å². The SMILES string of the molecule is Cn1ccnc1COCCOCCOCc1nccn1C. The molecule has 0 saturated heterocycles. The molecule has 0 saturated carbocycles. The summed E-state index contributed by atoms with van der Waals surface area (Å²) in [4.78, 5) is 8.35. The predicted octanol–water partition coefficient (Wildman–Crippen LogP) is 0.904. The van der Waals surface area contributed by atoms with Crippen LogP contribution in [0.3, 0.4) is 0 Å². The summed E-state index contributed by atoms with van der Waals surface area (Å²) in [6, 6.07) is 0. The summed E-state index contributed by atoms with van der Waals surface area (Å²) in [5.74, 6) is 1.82. The van der Waals surface area contributed by atoms with Crippen molar-refractivity contribution in [1.29, 1.82) is 0 Å². The molecular weight excluding hydrogens is 272 g/mol. The van der Waals surface area contributed by atoms with E-state index in [1.807, 2.05) is 35.6 Å². The van der Waals surface area contributed by atoms with Crippen LogP contribution in [0, 0.1) is 0 Å². The van der Waals surface area contributed by atoms with Crippen LogP contribution >= 0.6 is 0 Å². The summed E-state index contributed by atoms with van der Waals surface area (Å²) in [7, 11) is 3.89. The van der Waals surface area contributed by atoms with E-state index in [2.05, 4.69) is 9.97 Å². The van der Waals surface area contributed by atoms with Crippen molar-refractivity contribution in [1.82, 2.24) is 19.1 Å². The maximum atomic E-state index is 5.48. The van der Waals surface area contributed by atoms with Crippen LogP contribution in [0.4, 0.5) is 0 Å². The van der Waals surface area contributed by atoms with Gasteiger partial charge in [0.2, 0.25) is 0 Å². The van der Waals surface area contributed by atoms with Crippen molar-refractivity contribution in [3.05, 3.63) is 36.4 Å². The highest BCUT2D eigenvalue weighted by Gasteiger charge is 2.00. The van der Waals surface area contributed by atoms with E-state index >= 15 is 0 Å². The molecule has 7 nitrogen and oxygen atoms in total. The Balaban J connectivity index is 1.42. The fourth-order valence-corrected chi connectivity index (χ4v) is 1.74. The summed E-state index contributed by atoms with van der Waals surface area (Å²) in [5, 5.41) is 0. The van der Waals surface area contributed by atoms with Crippen molar-refractivity contribution in [2.75, 3.05) is 26.4 Å². The Morgan fingerprint density at radius 1 is 0.762 bits per heavy atom. The minimum absolute atomic E-state index is 0.502. The lowest BCUT2D eigenvalue weighted by molar-refractivity contribution is 0.00429. The molecule has 116 valence electrons. The van der Waals surface area contributed by atoms with Crippen molar-refractivity contribution in [3.8, 4) is 0 Å². The van der Waals surface area contributed by atoms with Gasteiger partial charge in [0, 0.05) is 38.9 Å². The van der Waals surface area contributed by atoms with Gasteiger partial charge in [0.15, 0.2) is 0 Å². The molecule has 0 aliphatic rings. The van der Waals surface area contributed by atoms with E-state index in [9.17, 15) is 0 Å². The maximum Gasteiger partial charge on any atom is 0.134 e. The molecule has 2 aromatic rings. The van der Waals surface area contributed by atoms with Crippen LogP contribution in [0.2, 0.25) is 0 Å². The first-order valence-corrected chi connectivity index (χ1v) is 6.93. The van der Waals surface area contributed by atoms with Crippen LogP contribution in [0.15, 0.2) is 24.8 Å². The van der Waals surface area contributed by atoms with E-state index in [1.165, 1.54) is 0 Å². The molecule has 0 unspecified atom stereocenters. The minimum Gasteiger partial charge on any atom is -0.377 e. The smallest absolute Gasteiger partial charge is 0.134 e. The molecule has 0 atom stereocenters. The van der Waals surface area contributed by atoms with E-state index in [1.54, 1.807) is 12.4 Å². The summed E-state index contributed by atoms with van der Waals surface area (Å²) in [5.41, 5.74) is 0. The van der Waals surface area contributed by atoms with Crippen LogP contribution in [-0.4, -0.2) is 45.5 Å². The maximum absolute atomic E-state index is 5.48. The Labute approximate surface area is 124 Å². The van der Waals surface area contributed by atoms with Gasteiger partial charge in [-0.05, 0) is 0 Å². The van der Waals surface area contributed by atoms with Gasteiger partial charge in [0.05, 0.1) is 26.4 Å². The minimum atomic E-state index is 0.502. The zero-order valence-corrected chi connectivity index (χ0v) is 12.6. The lowest BCUT2D eigenvalue weighted by Gasteiger charge is -2.07. The van der Waals surface area contributed by atoms with Crippen LogP contribution in [-0.2, 0) is 41.5 Å². The third-order valence-corrected chi connectivity index (χ3v) is 3.05. The van der Waals surface area contributed by atoms with Crippen LogP contribution in [0.1, 0.15) is 11.6 Å². The molecule has 0 fully saturated rings. The molecule has 2 rings (SSSR count). The van der Waals surface area contributed by atoms with Gasteiger partial charge in [-0.15, -0.1) is 0 Å². The number of aromatic nitrogens is 4. The number of rotatable bonds is 10. The Bertz CT molecular complexity index is 478. The van der Waals surface area contributed by atoms with Crippen LogP contribution in [0.5, 0.6) is 0 Å². The largest absolute Gasteiger partial charge is 0.377 e. The van der Waals surface area contributed by atoms with Crippen molar-refractivity contribution in [2.24, 2.45) is 14.1 Å². The normalized spacial score (nSPS) is 11.1. The summed E-state index contributed by atoms with van der Waals surface area (Å²) >= 11 is 0. The second-order valence-electron chi connectivity index (χ2n) is 4.63. The Morgan fingerprint density at radius 3 is 1.57 bits per heavy atom. The van der Waals surface area contributed by atoms with Gasteiger partial charge < -0.3 is 23.3 Å². The first-order valence-electron chi connectivity index (χ1n) is 6.93. The predicted molar refractivity (Wildman–Crippen MR) is 76.5 cm³/mol. The van der Waals surface area contributed by atoms with E-state index < -0.39 is 0 Å². The van der Waals surface area contributed by atoms with E-state index in [0.717, 1.165) is 11.6 Å². The second-order valence-corrected chi connectivity index (χ2v) is 4.63. The van der Waals surface area contributed by atoms with E-state index in [-0.39, 0.29) is 0 Å². The van der Waals surface area contributed by atoms with Gasteiger partial charge in [0.1, 0.15) is 24.9 Å². The third kappa shape index (κ3) is 5.30. The molecule has 0 N–H and O–H groups in total. The third-order valence-electron chi connectivity index (χ3n) is 3.05. The fraction of sp³-hybridized carbons (Fsp3) is 0.571. The Morgan fingerprint density at radius 2 is 1.19 bits per heavy atom. The zero-order chi connectivity index (χ0) is 14.9. The lowest BCUT2D eigenvalue weighted by atomic mass is 10.6. The number of imidazole rings is 2. The van der Waals surface area contributed by atoms with Gasteiger partial charge in [-0.2, -0.15) is 0 Å². The van der Waals surface area contributed by atoms with Gasteiger partial charge in [-0.25, -0.2) is 9.97 Å². The second kappa shape index (κ2) is 8.56. The average Bonchev–Trinajstić information content (AvgIpc) is 3.06. The van der Waals surface area contributed by atoms with Crippen LogP contribution in [0.25, 0.3) is 0 Å². The molecule has 0 aromatic carbocycles. The zero-order valence-electron chi connectivity index (χ0n) is 12.6.